The Hall–Kier alpha value is 0.0938. The lowest BCUT2D eigenvalue weighted by Gasteiger charge is -2.59. The summed E-state index contributed by atoms with van der Waals surface area (Å²) in [4.78, 5) is 0. The van der Waals surface area contributed by atoms with Crippen LogP contribution in [0.15, 0.2) is 11.6 Å². The van der Waals surface area contributed by atoms with E-state index in [1.807, 2.05) is 0 Å². The van der Waals surface area contributed by atoms with Crippen LogP contribution in [-0.4, -0.2) is 28.8 Å². The van der Waals surface area contributed by atoms with Gasteiger partial charge in [-0.1, -0.05) is 25.5 Å². The molecule has 8 atom stereocenters. The van der Waals surface area contributed by atoms with Crippen LogP contribution in [0.25, 0.3) is 0 Å². The first-order valence-corrected chi connectivity index (χ1v) is 20.1. The van der Waals surface area contributed by atoms with Gasteiger partial charge in [-0.3, -0.25) is 0 Å². The number of fused-ring (bicyclic) bond motifs is 5. The first-order valence-electron chi connectivity index (χ1n) is 13.3. The van der Waals surface area contributed by atoms with Gasteiger partial charge in [0.15, 0.2) is 16.6 Å². The van der Waals surface area contributed by atoms with Crippen LogP contribution < -0.4 is 0 Å². The highest BCUT2D eigenvalue weighted by Gasteiger charge is 2.59. The molecule has 3 unspecified atom stereocenters. The molecule has 0 amide bonds. The Morgan fingerprint density at radius 3 is 2.23 bits per heavy atom. The normalized spacial score (nSPS) is 44.2. The third-order valence-electron chi connectivity index (χ3n) is 9.76. The van der Waals surface area contributed by atoms with Gasteiger partial charge in [0.25, 0.3) is 0 Å². The number of allylic oxidation sites excluding steroid dienone is 1. The largest absolute Gasteiger partial charge is 0.415 e. The standard InChI is InChI=1S/C27H50O2Si2/c1-19(28-30(4,5)6)23-12-13-24-22-11-10-20-18-21(29-31(7,8)9)14-16-26(20,2)25(22)15-17-27(23,24)3/h18-19,21-25H,10-17H2,1-9H3/t19-,21-,22?,23+,24?,25?,26-,27+/m0/s1. The minimum Gasteiger partial charge on any atom is -0.415 e. The Morgan fingerprint density at radius 1 is 0.871 bits per heavy atom. The molecule has 4 heteroatoms. The predicted octanol–water partition coefficient (Wildman–Crippen LogP) is 8.03. The summed E-state index contributed by atoms with van der Waals surface area (Å²) in [5, 5.41) is 0. The van der Waals surface area contributed by atoms with Crippen LogP contribution >= 0.6 is 0 Å². The molecule has 0 aromatic rings. The van der Waals surface area contributed by atoms with Crippen LogP contribution in [0.4, 0.5) is 0 Å². The van der Waals surface area contributed by atoms with Crippen LogP contribution in [0.5, 0.6) is 0 Å². The molecule has 0 N–H and O–H groups in total. The van der Waals surface area contributed by atoms with E-state index in [1.165, 1.54) is 51.4 Å². The maximum absolute atomic E-state index is 6.65. The Kier molecular flexibility index (Phi) is 6.33. The average molecular weight is 463 g/mol. The van der Waals surface area contributed by atoms with Crippen molar-refractivity contribution in [2.24, 2.45) is 34.5 Å². The molecule has 4 rings (SSSR count). The van der Waals surface area contributed by atoms with Crippen molar-refractivity contribution in [3.05, 3.63) is 11.6 Å². The second-order valence-electron chi connectivity index (χ2n) is 14.0. The molecule has 0 aliphatic heterocycles. The van der Waals surface area contributed by atoms with Crippen LogP contribution in [0, 0.1) is 34.5 Å². The van der Waals surface area contributed by atoms with E-state index < -0.39 is 16.6 Å². The van der Waals surface area contributed by atoms with Gasteiger partial charge in [-0.15, -0.1) is 0 Å². The zero-order valence-electron chi connectivity index (χ0n) is 22.0. The highest BCUT2D eigenvalue weighted by atomic mass is 28.4. The summed E-state index contributed by atoms with van der Waals surface area (Å²) in [7, 11) is -2.96. The molecule has 3 saturated carbocycles. The molecule has 31 heavy (non-hydrogen) atoms. The van der Waals surface area contributed by atoms with Gasteiger partial charge < -0.3 is 8.85 Å². The van der Waals surface area contributed by atoms with Gasteiger partial charge in [0.1, 0.15) is 0 Å². The van der Waals surface area contributed by atoms with Crippen LogP contribution in [0.1, 0.15) is 72.1 Å². The van der Waals surface area contributed by atoms with E-state index >= 15 is 0 Å². The number of rotatable bonds is 5. The SMILES string of the molecule is C[C@H](O[Si](C)(C)C)[C@H]1CCC2C3CCC4=C[C@@H](O[Si](C)(C)C)CC[C@]4(C)C3CC[C@@]21C. The van der Waals surface area contributed by atoms with Crippen molar-refractivity contribution >= 4 is 16.6 Å². The fourth-order valence-corrected chi connectivity index (χ4v) is 11.1. The molecule has 2 nitrogen and oxygen atoms in total. The first-order chi connectivity index (χ1) is 14.2. The summed E-state index contributed by atoms with van der Waals surface area (Å²) in [6.07, 6.45) is 14.4. The third kappa shape index (κ3) is 4.57. The van der Waals surface area contributed by atoms with Gasteiger partial charge in [0.2, 0.25) is 0 Å². The second-order valence-corrected chi connectivity index (χ2v) is 22.9. The Labute approximate surface area is 195 Å². The molecule has 178 valence electrons. The molecule has 0 heterocycles. The molecule has 0 spiro atoms. The maximum atomic E-state index is 6.65. The number of hydrogen-bond donors (Lipinski definition) is 0. The van der Waals surface area contributed by atoms with Gasteiger partial charge in [-0.25, -0.2) is 0 Å². The van der Waals surface area contributed by atoms with Crippen LogP contribution in [0.2, 0.25) is 39.3 Å². The highest BCUT2D eigenvalue weighted by molar-refractivity contribution is 6.70. The van der Waals surface area contributed by atoms with Crippen LogP contribution in [-0.2, 0) is 8.85 Å². The molecular formula is C27H50O2Si2. The highest BCUT2D eigenvalue weighted by Crippen LogP contribution is 2.67. The Bertz CT molecular complexity index is 705. The van der Waals surface area contributed by atoms with Crippen LogP contribution in [0.3, 0.4) is 0 Å². The lowest BCUT2D eigenvalue weighted by atomic mass is 9.46. The van der Waals surface area contributed by atoms with Crippen molar-refractivity contribution in [3.8, 4) is 0 Å². The molecular weight excluding hydrogens is 412 g/mol. The topological polar surface area (TPSA) is 18.5 Å². The molecule has 4 aliphatic rings. The monoisotopic (exact) mass is 462 g/mol. The van der Waals surface area contributed by atoms with Gasteiger partial charge >= 0.3 is 0 Å². The lowest BCUT2D eigenvalue weighted by Crippen LogP contribution is -2.52. The first kappa shape index (κ1) is 24.2. The molecule has 0 aromatic heterocycles. The van der Waals surface area contributed by atoms with E-state index in [0.29, 0.717) is 23.0 Å². The quantitative estimate of drug-likeness (QED) is 0.304. The Morgan fingerprint density at radius 2 is 1.58 bits per heavy atom. The summed E-state index contributed by atoms with van der Waals surface area (Å²) < 4.78 is 13.2. The van der Waals surface area contributed by atoms with Crippen molar-refractivity contribution < 1.29 is 8.85 Å². The molecule has 0 aromatic carbocycles. The minimum atomic E-state index is -1.49. The van der Waals surface area contributed by atoms with Crippen molar-refractivity contribution in [1.82, 2.24) is 0 Å². The number of hydrogen-bond acceptors (Lipinski definition) is 2. The molecule has 4 aliphatic carbocycles. The van der Waals surface area contributed by atoms with Crippen molar-refractivity contribution in [3.63, 3.8) is 0 Å². The zero-order valence-corrected chi connectivity index (χ0v) is 24.0. The van der Waals surface area contributed by atoms with E-state index in [-0.39, 0.29) is 0 Å². The maximum Gasteiger partial charge on any atom is 0.184 e. The van der Waals surface area contributed by atoms with Gasteiger partial charge in [0.05, 0.1) is 6.10 Å². The molecule has 3 fully saturated rings. The molecule has 0 bridgehead atoms. The smallest absolute Gasteiger partial charge is 0.184 e. The molecule has 0 radical (unpaired) electrons. The summed E-state index contributed by atoms with van der Waals surface area (Å²) in [6.45, 7) is 21.7. The van der Waals surface area contributed by atoms with Crippen molar-refractivity contribution in [2.45, 2.75) is 124 Å². The Balaban J connectivity index is 1.52. The van der Waals surface area contributed by atoms with Crippen molar-refractivity contribution in [2.75, 3.05) is 0 Å². The van der Waals surface area contributed by atoms with Crippen molar-refractivity contribution in [1.29, 1.82) is 0 Å². The lowest BCUT2D eigenvalue weighted by molar-refractivity contribution is -0.0699. The molecule has 0 saturated heterocycles. The van der Waals surface area contributed by atoms with Gasteiger partial charge in [-0.2, -0.15) is 0 Å². The summed E-state index contributed by atoms with van der Waals surface area (Å²) in [6, 6.07) is 0. The van der Waals surface area contributed by atoms with Gasteiger partial charge in [-0.05, 0) is 132 Å². The van der Waals surface area contributed by atoms with E-state index in [9.17, 15) is 0 Å². The fourth-order valence-electron chi connectivity index (χ4n) is 8.70. The van der Waals surface area contributed by atoms with E-state index in [4.69, 9.17) is 8.85 Å². The fraction of sp³-hybridized carbons (Fsp3) is 0.926. The van der Waals surface area contributed by atoms with E-state index in [1.54, 1.807) is 5.57 Å². The zero-order chi connectivity index (χ0) is 22.8. The average Bonchev–Trinajstić information content (AvgIpc) is 2.97. The predicted molar refractivity (Wildman–Crippen MR) is 137 cm³/mol. The second kappa shape index (κ2) is 8.10. The van der Waals surface area contributed by atoms with Gasteiger partial charge in [0, 0.05) is 6.10 Å². The summed E-state index contributed by atoms with van der Waals surface area (Å²) in [5.41, 5.74) is 2.69. The summed E-state index contributed by atoms with van der Waals surface area (Å²) >= 11 is 0. The minimum absolute atomic E-state index is 0.385. The van der Waals surface area contributed by atoms with E-state index in [0.717, 1.165) is 23.7 Å². The summed E-state index contributed by atoms with van der Waals surface area (Å²) in [5.74, 6) is 3.50. The third-order valence-corrected chi connectivity index (χ3v) is 11.8. The van der Waals surface area contributed by atoms with E-state index in [2.05, 4.69) is 66.1 Å².